The predicted molar refractivity (Wildman–Crippen MR) is 68.4 cm³/mol. The Morgan fingerprint density at radius 1 is 1.56 bits per heavy atom. The van der Waals surface area contributed by atoms with Crippen LogP contribution in [0.2, 0.25) is 0 Å². The number of aliphatic hydroxyl groups is 1. The van der Waals surface area contributed by atoms with Gasteiger partial charge in [-0.3, -0.25) is 9.48 Å². The molecular weight excluding hydrogens is 230 g/mol. The maximum absolute atomic E-state index is 12.4. The second-order valence-electron chi connectivity index (χ2n) is 4.74. The highest BCUT2D eigenvalue weighted by Crippen LogP contribution is 2.15. The zero-order chi connectivity index (χ0) is 13.1. The van der Waals surface area contributed by atoms with Crippen LogP contribution in [0.15, 0.2) is 6.07 Å². The van der Waals surface area contributed by atoms with E-state index in [-0.39, 0.29) is 12.0 Å². The van der Waals surface area contributed by atoms with Crippen molar-refractivity contribution >= 4 is 5.91 Å². The molecule has 5 nitrogen and oxygen atoms in total. The minimum Gasteiger partial charge on any atom is -0.391 e. The lowest BCUT2D eigenvalue weighted by atomic mass is 10.1. The summed E-state index contributed by atoms with van der Waals surface area (Å²) in [7, 11) is 0. The Balaban J connectivity index is 2.19. The van der Waals surface area contributed by atoms with Crippen LogP contribution in [0.4, 0.5) is 0 Å². The molecule has 1 aliphatic heterocycles. The number of likely N-dealkylation sites (tertiary alicyclic amines) is 1. The quantitative estimate of drug-likeness (QED) is 0.874. The second kappa shape index (κ2) is 5.52. The first kappa shape index (κ1) is 13.1. The minimum absolute atomic E-state index is 0.0113. The summed E-state index contributed by atoms with van der Waals surface area (Å²) in [5.74, 6) is -0.0113. The highest BCUT2D eigenvalue weighted by molar-refractivity contribution is 5.92. The molecule has 0 aliphatic carbocycles. The van der Waals surface area contributed by atoms with E-state index in [2.05, 4.69) is 5.10 Å². The van der Waals surface area contributed by atoms with Gasteiger partial charge in [0.2, 0.25) is 0 Å². The van der Waals surface area contributed by atoms with Gasteiger partial charge in [-0.25, -0.2) is 0 Å². The van der Waals surface area contributed by atoms with Crippen molar-refractivity contribution in [3.8, 4) is 0 Å². The van der Waals surface area contributed by atoms with Gasteiger partial charge in [0.1, 0.15) is 5.69 Å². The molecule has 18 heavy (non-hydrogen) atoms. The topological polar surface area (TPSA) is 58.4 Å². The Hall–Kier alpha value is -1.36. The van der Waals surface area contributed by atoms with Crippen molar-refractivity contribution in [2.75, 3.05) is 13.1 Å². The van der Waals surface area contributed by atoms with Gasteiger partial charge in [-0.2, -0.15) is 5.10 Å². The van der Waals surface area contributed by atoms with Crippen molar-refractivity contribution in [2.24, 2.45) is 0 Å². The molecule has 1 aliphatic rings. The van der Waals surface area contributed by atoms with Crippen molar-refractivity contribution in [3.05, 3.63) is 17.5 Å². The molecule has 2 rings (SSSR count). The zero-order valence-electron chi connectivity index (χ0n) is 11.1. The van der Waals surface area contributed by atoms with E-state index in [1.807, 2.05) is 19.9 Å². The van der Waals surface area contributed by atoms with Crippen LogP contribution < -0.4 is 0 Å². The standard InChI is InChI=1S/C13H21N3O2/c1-3-10-8-12(16(4-2)14-10)13(18)15-7-5-6-11(17)9-15/h8,11,17H,3-7,9H2,1-2H3. The molecule has 1 saturated heterocycles. The molecule has 0 spiro atoms. The summed E-state index contributed by atoms with van der Waals surface area (Å²) in [6.07, 6.45) is 2.10. The summed E-state index contributed by atoms with van der Waals surface area (Å²) in [6.45, 7) is 5.87. The Kier molecular flexibility index (Phi) is 4.01. The largest absolute Gasteiger partial charge is 0.391 e. The van der Waals surface area contributed by atoms with E-state index in [1.54, 1.807) is 9.58 Å². The van der Waals surface area contributed by atoms with Crippen molar-refractivity contribution in [2.45, 2.75) is 45.8 Å². The van der Waals surface area contributed by atoms with Crippen LogP contribution in [-0.2, 0) is 13.0 Å². The molecule has 0 bridgehead atoms. The van der Waals surface area contributed by atoms with E-state index < -0.39 is 0 Å². The monoisotopic (exact) mass is 251 g/mol. The molecule has 1 unspecified atom stereocenters. The number of nitrogens with zero attached hydrogens (tertiary/aromatic N) is 3. The first-order chi connectivity index (χ1) is 8.65. The summed E-state index contributed by atoms with van der Waals surface area (Å²) >= 11 is 0. The molecule has 1 N–H and O–H groups in total. The lowest BCUT2D eigenvalue weighted by Gasteiger charge is -2.30. The van der Waals surface area contributed by atoms with Crippen molar-refractivity contribution in [3.63, 3.8) is 0 Å². The number of aryl methyl sites for hydroxylation is 2. The molecule has 0 aromatic carbocycles. The van der Waals surface area contributed by atoms with Gasteiger partial charge in [-0.15, -0.1) is 0 Å². The van der Waals surface area contributed by atoms with Crippen molar-refractivity contribution in [1.82, 2.24) is 14.7 Å². The van der Waals surface area contributed by atoms with Crippen LogP contribution in [0, 0.1) is 0 Å². The SMILES string of the molecule is CCc1cc(C(=O)N2CCCC(O)C2)n(CC)n1. The average Bonchev–Trinajstić information content (AvgIpc) is 2.81. The highest BCUT2D eigenvalue weighted by Gasteiger charge is 2.25. The lowest BCUT2D eigenvalue weighted by Crippen LogP contribution is -2.42. The summed E-state index contributed by atoms with van der Waals surface area (Å²) in [6, 6.07) is 1.87. The number of β-amino-alcohol motifs (C(OH)–C–C–N with tert-alkyl or cyclic N) is 1. The number of hydrogen-bond acceptors (Lipinski definition) is 3. The number of piperidine rings is 1. The van der Waals surface area contributed by atoms with E-state index in [0.717, 1.165) is 31.5 Å². The van der Waals surface area contributed by atoms with E-state index >= 15 is 0 Å². The fourth-order valence-electron chi connectivity index (χ4n) is 2.36. The van der Waals surface area contributed by atoms with Gasteiger partial charge in [-0.05, 0) is 32.3 Å². The predicted octanol–water partition coefficient (Wildman–Crippen LogP) is 1.06. The average molecular weight is 251 g/mol. The van der Waals surface area contributed by atoms with E-state index in [1.165, 1.54) is 0 Å². The van der Waals surface area contributed by atoms with Gasteiger partial charge in [0.15, 0.2) is 0 Å². The molecule has 1 aromatic heterocycles. The van der Waals surface area contributed by atoms with Crippen LogP contribution in [0.25, 0.3) is 0 Å². The number of rotatable bonds is 3. The Bertz CT molecular complexity index is 428. The van der Waals surface area contributed by atoms with Gasteiger partial charge in [-0.1, -0.05) is 6.92 Å². The van der Waals surface area contributed by atoms with Gasteiger partial charge in [0, 0.05) is 19.6 Å². The molecule has 1 aromatic rings. The molecule has 1 amide bonds. The Morgan fingerprint density at radius 2 is 2.33 bits per heavy atom. The third-order valence-electron chi connectivity index (χ3n) is 3.40. The summed E-state index contributed by atoms with van der Waals surface area (Å²) in [5, 5.41) is 14.0. The Morgan fingerprint density at radius 3 is 2.94 bits per heavy atom. The smallest absolute Gasteiger partial charge is 0.272 e. The highest BCUT2D eigenvalue weighted by atomic mass is 16.3. The molecule has 2 heterocycles. The summed E-state index contributed by atoms with van der Waals surface area (Å²) in [4.78, 5) is 14.1. The number of carbonyl (C=O) groups is 1. The first-order valence-corrected chi connectivity index (χ1v) is 6.69. The van der Waals surface area contributed by atoms with Crippen molar-refractivity contribution in [1.29, 1.82) is 0 Å². The second-order valence-corrected chi connectivity index (χ2v) is 4.74. The third kappa shape index (κ3) is 2.56. The molecule has 0 saturated carbocycles. The number of carbonyl (C=O) groups excluding carboxylic acids is 1. The van der Waals surface area contributed by atoms with E-state index in [9.17, 15) is 9.90 Å². The maximum atomic E-state index is 12.4. The fourth-order valence-corrected chi connectivity index (χ4v) is 2.36. The minimum atomic E-state index is -0.383. The van der Waals surface area contributed by atoms with Crippen molar-refractivity contribution < 1.29 is 9.90 Å². The van der Waals surface area contributed by atoms with Crippen LogP contribution in [0.1, 0.15) is 42.9 Å². The van der Waals surface area contributed by atoms with Gasteiger partial charge < -0.3 is 10.0 Å². The number of amides is 1. The first-order valence-electron chi connectivity index (χ1n) is 6.69. The molecule has 0 radical (unpaired) electrons. The van der Waals surface area contributed by atoms with Gasteiger partial charge >= 0.3 is 0 Å². The third-order valence-corrected chi connectivity index (χ3v) is 3.40. The molecular formula is C13H21N3O2. The normalized spacial score (nSPS) is 20.2. The molecule has 5 heteroatoms. The molecule has 1 fully saturated rings. The van der Waals surface area contributed by atoms with Crippen LogP contribution >= 0.6 is 0 Å². The number of aliphatic hydroxyl groups excluding tert-OH is 1. The van der Waals surface area contributed by atoms with Crippen LogP contribution in [-0.4, -0.2) is 44.9 Å². The van der Waals surface area contributed by atoms with Gasteiger partial charge in [0.25, 0.3) is 5.91 Å². The lowest BCUT2D eigenvalue weighted by molar-refractivity contribution is 0.0463. The molecule has 1 atom stereocenters. The summed E-state index contributed by atoms with van der Waals surface area (Å²) in [5.41, 5.74) is 1.58. The van der Waals surface area contributed by atoms with Gasteiger partial charge in [0.05, 0.1) is 11.8 Å². The molecule has 100 valence electrons. The van der Waals surface area contributed by atoms with Crippen LogP contribution in [0.5, 0.6) is 0 Å². The summed E-state index contributed by atoms with van der Waals surface area (Å²) < 4.78 is 1.75. The van der Waals surface area contributed by atoms with E-state index in [0.29, 0.717) is 18.8 Å². The Labute approximate surface area is 107 Å². The number of aromatic nitrogens is 2. The van der Waals surface area contributed by atoms with E-state index in [4.69, 9.17) is 0 Å². The maximum Gasteiger partial charge on any atom is 0.272 e. The zero-order valence-corrected chi connectivity index (χ0v) is 11.1. The van der Waals surface area contributed by atoms with Crippen LogP contribution in [0.3, 0.4) is 0 Å². The number of hydrogen-bond donors (Lipinski definition) is 1. The fraction of sp³-hybridized carbons (Fsp3) is 0.692.